The molecule has 2 aliphatic heterocycles. The number of amides is 1. The van der Waals surface area contributed by atoms with E-state index < -0.39 is 5.60 Å². The first-order chi connectivity index (χ1) is 12.6. The van der Waals surface area contributed by atoms with Gasteiger partial charge in [0.1, 0.15) is 5.60 Å². The predicted octanol–water partition coefficient (Wildman–Crippen LogP) is 3.67. The van der Waals surface area contributed by atoms with Gasteiger partial charge in [-0.1, -0.05) is 27.7 Å². The van der Waals surface area contributed by atoms with Crippen molar-refractivity contribution in [3.63, 3.8) is 0 Å². The van der Waals surface area contributed by atoms with Gasteiger partial charge in [0.05, 0.1) is 12.8 Å². The predicted molar refractivity (Wildman–Crippen MR) is 115 cm³/mol. The first-order valence-electron chi connectivity index (χ1n) is 10.9. The van der Waals surface area contributed by atoms with E-state index in [2.05, 4.69) is 64.4 Å². The summed E-state index contributed by atoms with van der Waals surface area (Å²) in [5.41, 5.74) is -0.378. The number of nitrogens with zero attached hydrogens (tertiary/aromatic N) is 1. The summed E-state index contributed by atoms with van der Waals surface area (Å²) >= 11 is 0. The highest BCUT2D eigenvalue weighted by atomic mass is 16.6. The van der Waals surface area contributed by atoms with Gasteiger partial charge >= 0.3 is 6.09 Å². The lowest BCUT2D eigenvalue weighted by atomic mass is 9.68. The molecule has 1 amide bonds. The number of carbonyl (C=O) groups excluding carboxylic acids is 1. The quantitative estimate of drug-likeness (QED) is 0.583. The molecule has 6 nitrogen and oxygen atoms in total. The van der Waals surface area contributed by atoms with Gasteiger partial charge in [-0.3, -0.25) is 15.5 Å². The maximum Gasteiger partial charge on any atom is 0.412 e. The van der Waals surface area contributed by atoms with E-state index in [0.29, 0.717) is 18.8 Å². The largest absolute Gasteiger partial charge is 0.444 e. The summed E-state index contributed by atoms with van der Waals surface area (Å²) in [5.74, 6) is 0. The van der Waals surface area contributed by atoms with Crippen LogP contribution in [0.2, 0.25) is 0 Å². The Balaban J connectivity index is 2.35. The number of rotatable bonds is 0. The third-order valence-corrected chi connectivity index (χ3v) is 6.25. The molecule has 0 radical (unpaired) electrons. The van der Waals surface area contributed by atoms with Crippen molar-refractivity contribution in [1.29, 1.82) is 0 Å². The van der Waals surface area contributed by atoms with Gasteiger partial charge in [0.15, 0.2) is 0 Å². The van der Waals surface area contributed by atoms with Crippen molar-refractivity contribution in [2.45, 2.75) is 118 Å². The third kappa shape index (κ3) is 5.61. The smallest absolute Gasteiger partial charge is 0.412 e. The molecule has 28 heavy (non-hydrogen) atoms. The van der Waals surface area contributed by atoms with Gasteiger partial charge in [0.2, 0.25) is 0 Å². The highest BCUT2D eigenvalue weighted by Gasteiger charge is 2.48. The average Bonchev–Trinajstić information content (AvgIpc) is 2.62. The van der Waals surface area contributed by atoms with Gasteiger partial charge in [-0.05, 0) is 65.2 Å². The molecule has 164 valence electrons. The highest BCUT2D eigenvalue weighted by molar-refractivity contribution is 5.68. The van der Waals surface area contributed by atoms with Crippen LogP contribution in [-0.2, 0) is 4.74 Å². The first-order valence-corrected chi connectivity index (χ1v) is 10.9. The molecule has 0 aliphatic carbocycles. The topological polar surface area (TPSA) is 65.6 Å². The Morgan fingerprint density at radius 2 is 1.43 bits per heavy atom. The van der Waals surface area contributed by atoms with Gasteiger partial charge in [-0.2, -0.15) is 0 Å². The fourth-order valence-corrected chi connectivity index (χ4v) is 5.28. The van der Waals surface area contributed by atoms with Crippen LogP contribution in [0.1, 0.15) is 82.1 Å². The molecule has 5 unspecified atom stereocenters. The summed E-state index contributed by atoms with van der Waals surface area (Å²) in [4.78, 5) is 14.6. The molecule has 0 aromatic carbocycles. The van der Waals surface area contributed by atoms with Gasteiger partial charge < -0.3 is 10.1 Å². The lowest BCUT2D eigenvalue weighted by Crippen LogP contribution is -2.60. The van der Waals surface area contributed by atoms with Crippen molar-refractivity contribution < 1.29 is 9.53 Å². The Bertz CT molecular complexity index is 555. The van der Waals surface area contributed by atoms with Gasteiger partial charge in [0.25, 0.3) is 0 Å². The molecule has 0 bridgehead atoms. The monoisotopic (exact) mass is 396 g/mol. The fourth-order valence-electron chi connectivity index (χ4n) is 5.28. The van der Waals surface area contributed by atoms with Gasteiger partial charge in [-0.25, -0.2) is 4.79 Å². The van der Waals surface area contributed by atoms with E-state index in [-0.39, 0.29) is 35.2 Å². The van der Waals surface area contributed by atoms with Crippen molar-refractivity contribution in [2.75, 3.05) is 6.67 Å². The second-order valence-electron chi connectivity index (χ2n) is 11.5. The van der Waals surface area contributed by atoms with E-state index in [4.69, 9.17) is 4.74 Å². The van der Waals surface area contributed by atoms with E-state index in [1.54, 1.807) is 4.90 Å². The Labute approximate surface area is 172 Å². The minimum atomic E-state index is -0.502. The SMILES string of the molecule is CC1CC(C)(C)C2NCN(C(=O)OC(C)(C)C)C(C)NC2C(C)(C)CC(C)N1. The molecule has 2 aliphatic rings. The first kappa shape index (κ1) is 23.4. The molecule has 0 aromatic heterocycles. The summed E-state index contributed by atoms with van der Waals surface area (Å²) in [7, 11) is 0. The zero-order chi connectivity index (χ0) is 21.5. The molecule has 0 aromatic rings. The number of hydrogen-bond donors (Lipinski definition) is 3. The molecule has 2 rings (SSSR count). The molecule has 2 saturated heterocycles. The maximum atomic E-state index is 12.8. The van der Waals surface area contributed by atoms with Crippen LogP contribution in [0.3, 0.4) is 0 Å². The summed E-state index contributed by atoms with van der Waals surface area (Å²) in [6.45, 7) is 22.2. The maximum absolute atomic E-state index is 12.8. The van der Waals surface area contributed by atoms with Gasteiger partial charge in [-0.15, -0.1) is 0 Å². The van der Waals surface area contributed by atoms with Crippen molar-refractivity contribution in [2.24, 2.45) is 10.8 Å². The van der Waals surface area contributed by atoms with Crippen molar-refractivity contribution in [1.82, 2.24) is 20.9 Å². The minimum Gasteiger partial charge on any atom is -0.444 e. The molecule has 2 fully saturated rings. The minimum absolute atomic E-state index is 0.0591. The lowest BCUT2D eigenvalue weighted by Gasteiger charge is -2.46. The summed E-state index contributed by atoms with van der Waals surface area (Å²) in [6.07, 6.45) is 1.77. The number of fused-ring (bicyclic) bond motifs is 1. The van der Waals surface area contributed by atoms with E-state index in [0.717, 1.165) is 12.8 Å². The zero-order valence-electron chi connectivity index (χ0n) is 19.8. The summed E-state index contributed by atoms with van der Waals surface area (Å²) in [6, 6.07) is 1.37. The molecule has 0 saturated carbocycles. The van der Waals surface area contributed by atoms with Crippen LogP contribution in [0.4, 0.5) is 4.79 Å². The Morgan fingerprint density at radius 1 is 0.929 bits per heavy atom. The Hall–Kier alpha value is -0.850. The molecule has 0 spiro atoms. The van der Waals surface area contributed by atoms with Crippen LogP contribution in [-0.4, -0.2) is 53.6 Å². The Kier molecular flexibility index (Phi) is 6.79. The molecular formula is C22H44N4O2. The van der Waals surface area contributed by atoms with Crippen molar-refractivity contribution in [3.8, 4) is 0 Å². The standard InChI is InChI=1S/C22H44N4O2/c1-14-11-21(7,8)17-18(22(9,10)12-15(2)24-14)25-16(3)26(13-23-17)19(27)28-20(4,5)6/h14-18,23-25H,11-13H2,1-10H3. The molecule has 5 atom stereocenters. The van der Waals surface area contributed by atoms with E-state index >= 15 is 0 Å². The molecule has 3 N–H and O–H groups in total. The Morgan fingerprint density at radius 3 is 1.93 bits per heavy atom. The highest BCUT2D eigenvalue weighted by Crippen LogP contribution is 2.40. The normalized spacial score (nSPS) is 36.4. The van der Waals surface area contributed by atoms with Crippen LogP contribution in [0.25, 0.3) is 0 Å². The fraction of sp³-hybridized carbons (Fsp3) is 0.955. The van der Waals surface area contributed by atoms with Crippen molar-refractivity contribution in [3.05, 3.63) is 0 Å². The van der Waals surface area contributed by atoms with Crippen LogP contribution in [0.15, 0.2) is 0 Å². The lowest BCUT2D eigenvalue weighted by molar-refractivity contribution is 0.0134. The molecule has 2 heterocycles. The second-order valence-corrected chi connectivity index (χ2v) is 11.5. The number of ether oxygens (including phenoxy) is 1. The van der Waals surface area contributed by atoms with Gasteiger partial charge in [0, 0.05) is 24.2 Å². The summed E-state index contributed by atoms with van der Waals surface area (Å²) in [5, 5.41) is 11.3. The molecular weight excluding hydrogens is 352 g/mol. The van der Waals surface area contributed by atoms with Crippen LogP contribution in [0, 0.1) is 10.8 Å². The van der Waals surface area contributed by atoms with Crippen LogP contribution >= 0.6 is 0 Å². The summed E-state index contributed by atoms with van der Waals surface area (Å²) < 4.78 is 5.66. The number of carbonyl (C=O) groups is 1. The van der Waals surface area contributed by atoms with Crippen LogP contribution < -0.4 is 16.0 Å². The number of nitrogens with one attached hydrogen (secondary N) is 3. The second kappa shape index (κ2) is 8.11. The van der Waals surface area contributed by atoms with Crippen molar-refractivity contribution >= 4 is 6.09 Å². The van der Waals surface area contributed by atoms with Crippen LogP contribution in [0.5, 0.6) is 0 Å². The number of hydrogen-bond acceptors (Lipinski definition) is 5. The average molecular weight is 397 g/mol. The van der Waals surface area contributed by atoms with E-state index in [9.17, 15) is 4.79 Å². The van der Waals surface area contributed by atoms with E-state index in [1.807, 2.05) is 20.8 Å². The van der Waals surface area contributed by atoms with E-state index in [1.165, 1.54) is 0 Å². The third-order valence-electron chi connectivity index (χ3n) is 6.25. The molecule has 6 heteroatoms. The zero-order valence-corrected chi connectivity index (χ0v) is 19.8.